The summed E-state index contributed by atoms with van der Waals surface area (Å²) >= 11 is 1.42. The van der Waals surface area contributed by atoms with Crippen LogP contribution in [0.3, 0.4) is 0 Å². The van der Waals surface area contributed by atoms with E-state index in [1.165, 1.54) is 16.9 Å². The van der Waals surface area contributed by atoms with Gasteiger partial charge in [-0.2, -0.15) is 0 Å². The molecule has 5 nitrogen and oxygen atoms in total. The zero-order chi connectivity index (χ0) is 19.4. The number of hydrogen-bond donors (Lipinski definition) is 1. The predicted octanol–water partition coefficient (Wildman–Crippen LogP) is 4.11. The van der Waals surface area contributed by atoms with E-state index in [-0.39, 0.29) is 29.9 Å². The van der Waals surface area contributed by atoms with Gasteiger partial charge in [-0.15, -0.1) is 11.3 Å². The van der Waals surface area contributed by atoms with Crippen molar-refractivity contribution in [3.8, 4) is 11.5 Å². The molecule has 6 heteroatoms. The number of ketones is 1. The first-order chi connectivity index (χ1) is 13.7. The summed E-state index contributed by atoms with van der Waals surface area (Å²) in [6.45, 7) is 1.74. The Morgan fingerprint density at radius 3 is 2.57 bits per heavy atom. The Hall–Kier alpha value is -2.34. The van der Waals surface area contributed by atoms with E-state index in [1.807, 2.05) is 17.5 Å². The maximum Gasteiger partial charge on any atom is 0.220 e. The van der Waals surface area contributed by atoms with Crippen LogP contribution in [0, 0.1) is 0 Å². The molecule has 1 amide bonds. The highest BCUT2D eigenvalue weighted by Gasteiger charge is 2.36. The zero-order valence-electron chi connectivity index (χ0n) is 15.9. The number of thiophene rings is 1. The first kappa shape index (κ1) is 19.0. The number of fused-ring (bicyclic) bond motifs is 1. The molecule has 0 radical (unpaired) electrons. The van der Waals surface area contributed by atoms with Crippen molar-refractivity contribution in [1.82, 2.24) is 5.32 Å². The van der Waals surface area contributed by atoms with Gasteiger partial charge in [-0.1, -0.05) is 25.0 Å². The van der Waals surface area contributed by atoms with Crippen LogP contribution in [-0.4, -0.2) is 31.4 Å². The van der Waals surface area contributed by atoms with E-state index in [9.17, 15) is 9.59 Å². The largest absolute Gasteiger partial charge is 0.486 e. The molecule has 1 N–H and O–H groups in total. The standard InChI is InChI=1S/C22H25NO4S/c24-17(20-4-3-13-28-20)6-8-21(25)23-15-22(9-1-2-10-22)16-5-7-18-19(14-16)27-12-11-26-18/h3-5,7,13-14H,1-2,6,8-12,15H2,(H,23,25). The van der Waals surface area contributed by atoms with E-state index < -0.39 is 0 Å². The summed E-state index contributed by atoms with van der Waals surface area (Å²) in [4.78, 5) is 25.2. The molecular weight excluding hydrogens is 374 g/mol. The van der Waals surface area contributed by atoms with Crippen LogP contribution in [-0.2, 0) is 10.2 Å². The summed E-state index contributed by atoms with van der Waals surface area (Å²) in [5.41, 5.74) is 1.13. The van der Waals surface area contributed by atoms with Crippen molar-refractivity contribution in [3.05, 3.63) is 46.2 Å². The fourth-order valence-electron chi connectivity index (χ4n) is 4.14. The fourth-order valence-corrected chi connectivity index (χ4v) is 4.83. The lowest BCUT2D eigenvalue weighted by Gasteiger charge is -2.31. The van der Waals surface area contributed by atoms with Gasteiger partial charge in [0.05, 0.1) is 4.88 Å². The molecule has 0 saturated heterocycles. The van der Waals surface area contributed by atoms with Gasteiger partial charge in [0.25, 0.3) is 0 Å². The van der Waals surface area contributed by atoms with Crippen molar-refractivity contribution in [2.45, 2.75) is 43.9 Å². The number of ether oxygens (including phenoxy) is 2. The van der Waals surface area contributed by atoms with Gasteiger partial charge in [0.2, 0.25) is 5.91 Å². The van der Waals surface area contributed by atoms with E-state index in [0.29, 0.717) is 19.8 Å². The molecule has 4 rings (SSSR count). The van der Waals surface area contributed by atoms with E-state index in [0.717, 1.165) is 42.1 Å². The number of rotatable bonds is 7. The van der Waals surface area contributed by atoms with Crippen LogP contribution in [0.25, 0.3) is 0 Å². The number of Topliss-reactive ketones (excluding diaryl/α,β-unsaturated/α-hetero) is 1. The molecule has 2 heterocycles. The summed E-state index contributed by atoms with van der Waals surface area (Å²) in [5, 5.41) is 4.96. The van der Waals surface area contributed by atoms with Gasteiger partial charge in [0, 0.05) is 24.8 Å². The monoisotopic (exact) mass is 399 g/mol. The van der Waals surface area contributed by atoms with Crippen LogP contribution in [0.5, 0.6) is 11.5 Å². The predicted molar refractivity (Wildman–Crippen MR) is 108 cm³/mol. The van der Waals surface area contributed by atoms with Crippen molar-refractivity contribution < 1.29 is 19.1 Å². The topological polar surface area (TPSA) is 64.6 Å². The van der Waals surface area contributed by atoms with Gasteiger partial charge in [-0.3, -0.25) is 9.59 Å². The van der Waals surface area contributed by atoms with Gasteiger partial charge in [-0.25, -0.2) is 0 Å². The van der Waals surface area contributed by atoms with E-state index in [4.69, 9.17) is 9.47 Å². The molecule has 2 aliphatic rings. The quantitative estimate of drug-likeness (QED) is 0.712. The third-order valence-electron chi connectivity index (χ3n) is 5.71. The van der Waals surface area contributed by atoms with Crippen LogP contribution in [0.1, 0.15) is 53.8 Å². The summed E-state index contributed by atoms with van der Waals surface area (Å²) in [6.07, 6.45) is 4.88. The third kappa shape index (κ3) is 4.07. The minimum atomic E-state index is -0.0662. The lowest BCUT2D eigenvalue weighted by Crippen LogP contribution is -2.39. The fraction of sp³-hybridized carbons (Fsp3) is 0.455. The Kier molecular flexibility index (Phi) is 5.67. The van der Waals surface area contributed by atoms with Crippen LogP contribution in [0.4, 0.5) is 0 Å². The Morgan fingerprint density at radius 1 is 1.04 bits per heavy atom. The molecule has 2 aromatic rings. The third-order valence-corrected chi connectivity index (χ3v) is 6.63. The van der Waals surface area contributed by atoms with Crippen molar-refractivity contribution in [2.75, 3.05) is 19.8 Å². The number of nitrogens with one attached hydrogen (secondary N) is 1. The Morgan fingerprint density at radius 2 is 1.82 bits per heavy atom. The second-order valence-corrected chi connectivity index (χ2v) is 8.47. The average Bonchev–Trinajstić information content (AvgIpc) is 3.43. The minimum Gasteiger partial charge on any atom is -0.486 e. The highest BCUT2D eigenvalue weighted by molar-refractivity contribution is 7.12. The lowest BCUT2D eigenvalue weighted by molar-refractivity contribution is -0.121. The first-order valence-electron chi connectivity index (χ1n) is 9.90. The highest BCUT2D eigenvalue weighted by atomic mass is 32.1. The Bertz CT molecular complexity index is 840. The molecule has 1 aromatic heterocycles. The Labute approximate surface area is 169 Å². The molecule has 1 aliphatic heterocycles. The van der Waals surface area contributed by atoms with Crippen LogP contribution in [0.2, 0.25) is 0 Å². The maximum absolute atomic E-state index is 12.4. The number of carbonyl (C=O) groups is 2. The van der Waals surface area contributed by atoms with Crippen LogP contribution in [0.15, 0.2) is 35.7 Å². The molecular formula is C22H25NO4S. The second-order valence-electron chi connectivity index (χ2n) is 7.52. The van der Waals surface area contributed by atoms with Gasteiger partial charge >= 0.3 is 0 Å². The normalized spacial score (nSPS) is 17.3. The molecule has 148 valence electrons. The molecule has 1 saturated carbocycles. The number of benzene rings is 1. The van der Waals surface area contributed by atoms with Gasteiger partial charge < -0.3 is 14.8 Å². The molecule has 1 fully saturated rings. The second kappa shape index (κ2) is 8.35. The SMILES string of the molecule is O=C(CCC(=O)c1cccs1)NCC1(c2ccc3c(c2)OCCO3)CCCC1. The number of carbonyl (C=O) groups excluding carboxylic acids is 2. The summed E-state index contributed by atoms with van der Waals surface area (Å²) in [7, 11) is 0. The maximum atomic E-state index is 12.4. The van der Waals surface area contributed by atoms with Crippen LogP contribution < -0.4 is 14.8 Å². The van der Waals surface area contributed by atoms with E-state index in [1.54, 1.807) is 6.07 Å². The van der Waals surface area contributed by atoms with Crippen molar-refractivity contribution in [3.63, 3.8) is 0 Å². The molecule has 1 aliphatic carbocycles. The smallest absolute Gasteiger partial charge is 0.220 e. The van der Waals surface area contributed by atoms with Crippen molar-refractivity contribution >= 4 is 23.0 Å². The van der Waals surface area contributed by atoms with E-state index in [2.05, 4.69) is 17.4 Å². The molecule has 0 bridgehead atoms. The van der Waals surface area contributed by atoms with E-state index >= 15 is 0 Å². The molecule has 28 heavy (non-hydrogen) atoms. The Balaban J connectivity index is 1.38. The molecule has 1 aromatic carbocycles. The van der Waals surface area contributed by atoms with Gasteiger partial charge in [0.1, 0.15) is 13.2 Å². The summed E-state index contributed by atoms with van der Waals surface area (Å²) < 4.78 is 11.4. The number of hydrogen-bond acceptors (Lipinski definition) is 5. The average molecular weight is 400 g/mol. The summed E-state index contributed by atoms with van der Waals surface area (Å²) in [6, 6.07) is 9.82. The lowest BCUT2D eigenvalue weighted by atomic mass is 9.78. The molecule has 0 spiro atoms. The summed E-state index contributed by atoms with van der Waals surface area (Å²) in [5.74, 6) is 1.56. The van der Waals surface area contributed by atoms with Crippen molar-refractivity contribution in [2.24, 2.45) is 0 Å². The van der Waals surface area contributed by atoms with Gasteiger partial charge in [-0.05, 0) is 42.0 Å². The molecule has 0 unspecified atom stereocenters. The minimum absolute atomic E-state index is 0.0348. The van der Waals surface area contributed by atoms with Gasteiger partial charge in [0.15, 0.2) is 17.3 Å². The number of amides is 1. The first-order valence-corrected chi connectivity index (χ1v) is 10.8. The van der Waals surface area contributed by atoms with Crippen molar-refractivity contribution in [1.29, 1.82) is 0 Å². The zero-order valence-corrected chi connectivity index (χ0v) is 16.7. The van der Waals surface area contributed by atoms with Crippen LogP contribution >= 0.6 is 11.3 Å². The molecule has 0 atom stereocenters. The highest BCUT2D eigenvalue weighted by Crippen LogP contribution is 2.43.